The number of aryl methyl sites for hydroxylation is 3. The predicted molar refractivity (Wildman–Crippen MR) is 99.7 cm³/mol. The minimum atomic E-state index is 0.0787. The summed E-state index contributed by atoms with van der Waals surface area (Å²) < 4.78 is 2.05. The first kappa shape index (κ1) is 15.9. The molecular formula is C21H23N3O. The first-order valence-corrected chi connectivity index (χ1v) is 8.86. The van der Waals surface area contributed by atoms with Crippen molar-refractivity contribution in [3.05, 3.63) is 58.9 Å². The van der Waals surface area contributed by atoms with Gasteiger partial charge in [0.1, 0.15) is 5.65 Å². The number of hydrogen-bond acceptors (Lipinski definition) is 2. The zero-order chi connectivity index (χ0) is 17.6. The normalized spacial score (nSPS) is 14.0. The summed E-state index contributed by atoms with van der Waals surface area (Å²) in [5.41, 5.74) is 7.48. The average molecular weight is 333 g/mol. The number of amides is 1. The Morgan fingerprint density at radius 2 is 1.96 bits per heavy atom. The van der Waals surface area contributed by atoms with Gasteiger partial charge in [-0.25, -0.2) is 4.98 Å². The van der Waals surface area contributed by atoms with Crippen molar-refractivity contribution in [2.75, 3.05) is 0 Å². The van der Waals surface area contributed by atoms with Gasteiger partial charge in [-0.15, -0.1) is 0 Å². The lowest BCUT2D eigenvalue weighted by Gasteiger charge is -2.08. The molecule has 0 radical (unpaired) electrons. The Kier molecular flexibility index (Phi) is 3.83. The number of carbonyl (C=O) groups is 1. The molecule has 0 spiro atoms. The summed E-state index contributed by atoms with van der Waals surface area (Å²) in [6.45, 7) is 6.28. The second-order valence-corrected chi connectivity index (χ2v) is 7.16. The summed E-state index contributed by atoms with van der Waals surface area (Å²) in [4.78, 5) is 17.3. The molecule has 4 rings (SSSR count). The summed E-state index contributed by atoms with van der Waals surface area (Å²) in [7, 11) is 0. The number of aromatic nitrogens is 2. The van der Waals surface area contributed by atoms with E-state index in [0.29, 0.717) is 12.5 Å². The van der Waals surface area contributed by atoms with Gasteiger partial charge < -0.3 is 9.72 Å². The van der Waals surface area contributed by atoms with Gasteiger partial charge >= 0.3 is 0 Å². The van der Waals surface area contributed by atoms with Gasteiger partial charge in [0.05, 0.1) is 17.8 Å². The third kappa shape index (κ3) is 3.16. The van der Waals surface area contributed by atoms with E-state index in [1.165, 1.54) is 11.1 Å². The van der Waals surface area contributed by atoms with Crippen molar-refractivity contribution >= 4 is 11.6 Å². The first-order valence-electron chi connectivity index (χ1n) is 8.86. The number of hydrogen-bond donors (Lipinski definition) is 1. The third-order valence-electron chi connectivity index (χ3n) is 4.93. The number of nitrogens with zero attached hydrogens (tertiary/aromatic N) is 2. The van der Waals surface area contributed by atoms with E-state index in [-0.39, 0.29) is 5.91 Å². The van der Waals surface area contributed by atoms with Crippen molar-refractivity contribution in [2.45, 2.75) is 46.1 Å². The summed E-state index contributed by atoms with van der Waals surface area (Å²) in [6.07, 6.45) is 4.56. The fourth-order valence-electron chi connectivity index (χ4n) is 3.14. The smallest absolute Gasteiger partial charge is 0.226 e. The summed E-state index contributed by atoms with van der Waals surface area (Å²) in [6, 6.07) is 10.9. The lowest BCUT2D eigenvalue weighted by atomic mass is 10.0. The van der Waals surface area contributed by atoms with Crippen LogP contribution in [0.4, 0.5) is 0 Å². The molecule has 3 aromatic rings. The standard InChI is InChI=1S/C21H23N3O/c1-13-8-9-24-18(12-20(25)22-17-6-7-17)21(23-19(24)10-13)16-5-4-14(2)15(3)11-16/h4-5,8-11,17H,6-7,12H2,1-3H3,(H,22,25). The summed E-state index contributed by atoms with van der Waals surface area (Å²) in [5, 5.41) is 3.09. The summed E-state index contributed by atoms with van der Waals surface area (Å²) >= 11 is 0. The number of nitrogens with one attached hydrogen (secondary N) is 1. The van der Waals surface area contributed by atoms with Crippen molar-refractivity contribution in [1.82, 2.24) is 14.7 Å². The van der Waals surface area contributed by atoms with Crippen LogP contribution in [0, 0.1) is 20.8 Å². The Hall–Kier alpha value is -2.62. The average Bonchev–Trinajstić information content (AvgIpc) is 3.31. The van der Waals surface area contributed by atoms with Crippen molar-refractivity contribution in [3.63, 3.8) is 0 Å². The van der Waals surface area contributed by atoms with E-state index in [4.69, 9.17) is 4.98 Å². The molecule has 0 atom stereocenters. The largest absolute Gasteiger partial charge is 0.353 e. The minimum Gasteiger partial charge on any atom is -0.353 e. The molecule has 1 saturated carbocycles. The molecule has 2 aromatic heterocycles. The molecule has 1 aromatic carbocycles. The van der Waals surface area contributed by atoms with Crippen molar-refractivity contribution in [1.29, 1.82) is 0 Å². The number of benzene rings is 1. The van der Waals surface area contributed by atoms with E-state index in [1.807, 2.05) is 10.6 Å². The Bertz CT molecular complexity index is 967. The van der Waals surface area contributed by atoms with Gasteiger partial charge in [-0.2, -0.15) is 0 Å². The predicted octanol–water partition coefficient (Wildman–Crippen LogP) is 3.75. The molecule has 1 N–H and O–H groups in total. The number of pyridine rings is 1. The molecule has 1 aliphatic rings. The molecule has 4 nitrogen and oxygen atoms in total. The van der Waals surface area contributed by atoms with Gasteiger partial charge in [-0.05, 0) is 68.5 Å². The Labute approximate surface area is 147 Å². The van der Waals surface area contributed by atoms with Gasteiger partial charge in [-0.1, -0.05) is 12.1 Å². The topological polar surface area (TPSA) is 46.4 Å². The van der Waals surface area contributed by atoms with Crippen LogP contribution < -0.4 is 5.32 Å². The molecule has 1 aliphatic carbocycles. The van der Waals surface area contributed by atoms with Gasteiger partial charge in [0.15, 0.2) is 0 Å². The molecule has 4 heteroatoms. The maximum absolute atomic E-state index is 12.4. The number of imidazole rings is 1. The van der Waals surface area contributed by atoms with Gasteiger partial charge in [-0.3, -0.25) is 4.79 Å². The fraction of sp³-hybridized carbons (Fsp3) is 0.333. The molecule has 0 saturated heterocycles. The highest BCUT2D eigenvalue weighted by Gasteiger charge is 2.25. The number of fused-ring (bicyclic) bond motifs is 1. The first-order chi connectivity index (χ1) is 12.0. The molecule has 1 amide bonds. The van der Waals surface area contributed by atoms with Crippen LogP contribution in [0.5, 0.6) is 0 Å². The third-order valence-corrected chi connectivity index (χ3v) is 4.93. The van der Waals surface area contributed by atoms with Crippen LogP contribution in [0.1, 0.15) is 35.2 Å². The van der Waals surface area contributed by atoms with Crippen LogP contribution in [0.15, 0.2) is 36.5 Å². The SMILES string of the molecule is Cc1ccn2c(CC(=O)NC3CC3)c(-c3ccc(C)c(C)c3)nc2c1. The van der Waals surface area contributed by atoms with Crippen LogP contribution in [0.2, 0.25) is 0 Å². The molecule has 0 bridgehead atoms. The van der Waals surface area contributed by atoms with Crippen LogP contribution in [0.3, 0.4) is 0 Å². The zero-order valence-corrected chi connectivity index (χ0v) is 15.0. The van der Waals surface area contributed by atoms with E-state index in [1.54, 1.807) is 0 Å². The second kappa shape index (κ2) is 6.03. The zero-order valence-electron chi connectivity index (χ0n) is 15.0. The Morgan fingerprint density at radius 1 is 1.16 bits per heavy atom. The highest BCUT2D eigenvalue weighted by Crippen LogP contribution is 2.27. The number of rotatable bonds is 4. The van der Waals surface area contributed by atoms with E-state index in [0.717, 1.165) is 41.0 Å². The van der Waals surface area contributed by atoms with E-state index in [9.17, 15) is 4.79 Å². The van der Waals surface area contributed by atoms with Crippen molar-refractivity contribution in [3.8, 4) is 11.3 Å². The molecule has 1 fully saturated rings. The number of carbonyl (C=O) groups excluding carboxylic acids is 1. The van der Waals surface area contributed by atoms with Crippen molar-refractivity contribution < 1.29 is 4.79 Å². The highest BCUT2D eigenvalue weighted by atomic mass is 16.1. The minimum absolute atomic E-state index is 0.0787. The quantitative estimate of drug-likeness (QED) is 0.790. The molecule has 128 valence electrons. The van der Waals surface area contributed by atoms with Crippen LogP contribution in [0.25, 0.3) is 16.9 Å². The Balaban J connectivity index is 1.81. The fourth-order valence-corrected chi connectivity index (χ4v) is 3.14. The van der Waals surface area contributed by atoms with Crippen LogP contribution in [-0.4, -0.2) is 21.3 Å². The lowest BCUT2D eigenvalue weighted by Crippen LogP contribution is -2.27. The maximum atomic E-state index is 12.4. The van der Waals surface area contributed by atoms with Gasteiger partial charge in [0.25, 0.3) is 0 Å². The summed E-state index contributed by atoms with van der Waals surface area (Å²) in [5.74, 6) is 0.0787. The molecule has 0 aliphatic heterocycles. The highest BCUT2D eigenvalue weighted by molar-refractivity contribution is 5.82. The lowest BCUT2D eigenvalue weighted by molar-refractivity contribution is -0.120. The molecular weight excluding hydrogens is 310 g/mol. The Morgan fingerprint density at radius 3 is 2.68 bits per heavy atom. The molecule has 0 unspecified atom stereocenters. The molecule has 25 heavy (non-hydrogen) atoms. The van der Waals surface area contributed by atoms with E-state index < -0.39 is 0 Å². The van der Waals surface area contributed by atoms with Crippen LogP contribution in [-0.2, 0) is 11.2 Å². The molecule has 2 heterocycles. The second-order valence-electron chi connectivity index (χ2n) is 7.16. The van der Waals surface area contributed by atoms with Gasteiger partial charge in [0.2, 0.25) is 5.91 Å². The van der Waals surface area contributed by atoms with Gasteiger partial charge in [0, 0.05) is 17.8 Å². The van der Waals surface area contributed by atoms with E-state index in [2.05, 4.69) is 56.4 Å². The monoisotopic (exact) mass is 333 g/mol. The van der Waals surface area contributed by atoms with E-state index >= 15 is 0 Å². The maximum Gasteiger partial charge on any atom is 0.226 e. The van der Waals surface area contributed by atoms with Crippen LogP contribution >= 0.6 is 0 Å². The van der Waals surface area contributed by atoms with Crippen molar-refractivity contribution in [2.24, 2.45) is 0 Å².